The number of amides is 1. The van der Waals surface area contributed by atoms with Crippen molar-refractivity contribution in [3.8, 4) is 0 Å². The molecule has 0 N–H and O–H groups in total. The van der Waals surface area contributed by atoms with E-state index in [0.29, 0.717) is 41.5 Å². The van der Waals surface area contributed by atoms with E-state index in [1.54, 1.807) is 35.2 Å². The summed E-state index contributed by atoms with van der Waals surface area (Å²) in [6, 6.07) is 13.6. The maximum Gasteiger partial charge on any atom is 0.409 e. The predicted octanol–water partition coefficient (Wildman–Crippen LogP) is 4.30. The van der Waals surface area contributed by atoms with Gasteiger partial charge in [-0.15, -0.1) is 10.2 Å². The average molecular weight is 474 g/mol. The van der Waals surface area contributed by atoms with E-state index in [4.69, 9.17) is 27.9 Å². The Labute approximate surface area is 195 Å². The summed E-state index contributed by atoms with van der Waals surface area (Å²) < 4.78 is 5.57. The molecule has 10 heteroatoms. The Bertz CT molecular complexity index is 1070. The van der Waals surface area contributed by atoms with Crippen molar-refractivity contribution < 1.29 is 14.3 Å². The van der Waals surface area contributed by atoms with Crippen LogP contribution in [0.3, 0.4) is 0 Å². The molecule has 1 atom stereocenters. The number of benzene rings is 2. The summed E-state index contributed by atoms with van der Waals surface area (Å²) in [5.74, 6) is -0.0545. The quantitative estimate of drug-likeness (QED) is 0.495. The first-order chi connectivity index (χ1) is 15.5. The van der Waals surface area contributed by atoms with Gasteiger partial charge in [0.05, 0.1) is 0 Å². The van der Waals surface area contributed by atoms with Gasteiger partial charge in [-0.1, -0.05) is 41.4 Å². The van der Waals surface area contributed by atoms with Crippen molar-refractivity contribution in [3.63, 3.8) is 0 Å². The minimum absolute atomic E-state index is 0.00254. The minimum atomic E-state index is -0.501. The van der Waals surface area contributed by atoms with Gasteiger partial charge in [-0.25, -0.2) is 4.79 Å². The van der Waals surface area contributed by atoms with Crippen LogP contribution >= 0.6 is 23.2 Å². The van der Waals surface area contributed by atoms with Gasteiger partial charge in [-0.3, -0.25) is 4.79 Å². The molecule has 0 bridgehead atoms. The van der Waals surface area contributed by atoms with Gasteiger partial charge in [0.25, 0.3) is 0 Å². The van der Waals surface area contributed by atoms with Gasteiger partial charge in [0.15, 0.2) is 12.1 Å². The number of hydrogen-bond acceptors (Lipinski definition) is 6. The highest BCUT2D eigenvalue weighted by atomic mass is 35.5. The van der Waals surface area contributed by atoms with Crippen molar-refractivity contribution in [1.82, 2.24) is 25.1 Å². The molecule has 0 radical (unpaired) electrons. The van der Waals surface area contributed by atoms with Gasteiger partial charge in [0.1, 0.15) is 12.6 Å². The van der Waals surface area contributed by atoms with Crippen LogP contribution in [0.4, 0.5) is 4.79 Å². The Morgan fingerprint density at radius 2 is 1.78 bits per heavy atom. The van der Waals surface area contributed by atoms with Gasteiger partial charge in [-0.2, -0.15) is 4.80 Å². The molecule has 0 spiro atoms. The normalized spacial score (nSPS) is 15.4. The van der Waals surface area contributed by atoms with Crippen LogP contribution in [0, 0.1) is 5.92 Å². The van der Waals surface area contributed by atoms with Crippen molar-refractivity contribution in [1.29, 1.82) is 0 Å². The molecule has 32 heavy (non-hydrogen) atoms. The van der Waals surface area contributed by atoms with Crippen LogP contribution in [0.1, 0.15) is 34.8 Å². The smallest absolute Gasteiger partial charge is 0.409 e. The molecule has 1 aromatic heterocycles. The summed E-state index contributed by atoms with van der Waals surface area (Å²) in [6.07, 6.45) is 2.03. The Morgan fingerprint density at radius 1 is 1.06 bits per heavy atom. The summed E-state index contributed by atoms with van der Waals surface area (Å²) in [6.45, 7) is 0.894. The second-order valence-electron chi connectivity index (χ2n) is 7.50. The van der Waals surface area contributed by atoms with Gasteiger partial charge in [-0.05, 0) is 48.4 Å². The molecule has 2 heterocycles. The highest BCUT2D eigenvalue weighted by Gasteiger charge is 2.29. The number of ether oxygens (including phenoxy) is 1. The first-order valence-corrected chi connectivity index (χ1v) is 11.0. The van der Waals surface area contributed by atoms with Crippen LogP contribution in [0.25, 0.3) is 0 Å². The van der Waals surface area contributed by atoms with E-state index in [9.17, 15) is 9.59 Å². The summed E-state index contributed by atoms with van der Waals surface area (Å²) >= 11 is 12.2. The number of carbonyl (C=O) groups excluding carboxylic acids is 2. The summed E-state index contributed by atoms with van der Waals surface area (Å²) in [4.78, 5) is 28.4. The molecular formula is C22H21Cl2N5O3. The third-order valence-corrected chi connectivity index (χ3v) is 6.12. The molecule has 1 aliphatic heterocycles. The van der Waals surface area contributed by atoms with Crippen molar-refractivity contribution >= 4 is 35.1 Å². The molecule has 0 saturated carbocycles. The molecule has 2 aromatic carbocycles. The lowest BCUT2D eigenvalue weighted by Crippen LogP contribution is -2.41. The van der Waals surface area contributed by atoms with E-state index < -0.39 is 12.1 Å². The fourth-order valence-corrected chi connectivity index (χ4v) is 4.15. The largest absolute Gasteiger partial charge is 0.447 e. The third kappa shape index (κ3) is 5.08. The number of aromatic nitrogens is 4. The molecule has 1 amide bonds. The number of likely N-dealkylation sites (tertiary alicyclic amines) is 1. The molecular weight excluding hydrogens is 453 g/mol. The number of hydrogen-bond donors (Lipinski definition) is 0. The number of piperidine rings is 1. The number of Topliss-reactive ketones (excluding diaryl/α,β-unsaturated/α-hetero) is 1. The molecule has 0 aliphatic carbocycles. The zero-order valence-corrected chi connectivity index (χ0v) is 18.6. The number of carbonyl (C=O) groups is 2. The number of tetrazole rings is 1. The zero-order valence-electron chi connectivity index (χ0n) is 17.1. The van der Waals surface area contributed by atoms with Crippen molar-refractivity contribution in [2.24, 2.45) is 5.92 Å². The second-order valence-corrected chi connectivity index (χ2v) is 8.35. The highest BCUT2D eigenvalue weighted by Crippen LogP contribution is 2.26. The fourth-order valence-electron chi connectivity index (χ4n) is 3.76. The molecule has 1 fully saturated rings. The SMILES string of the molecule is O=C(c1ccc(Cl)cc1)C1CCN(C(=O)OCC(c2ccccc2Cl)n2ncnn2)CC1. The van der Waals surface area contributed by atoms with Gasteiger partial charge in [0.2, 0.25) is 0 Å². The lowest BCUT2D eigenvalue weighted by atomic mass is 9.89. The van der Waals surface area contributed by atoms with E-state index in [-0.39, 0.29) is 18.3 Å². The molecule has 1 unspecified atom stereocenters. The average Bonchev–Trinajstić information content (AvgIpc) is 3.35. The Kier molecular flexibility index (Phi) is 7.02. The lowest BCUT2D eigenvalue weighted by molar-refractivity contribution is 0.0689. The Morgan fingerprint density at radius 3 is 2.44 bits per heavy atom. The second kappa shape index (κ2) is 10.1. The molecule has 8 nitrogen and oxygen atoms in total. The van der Waals surface area contributed by atoms with Crippen LogP contribution in [0.15, 0.2) is 54.9 Å². The van der Waals surface area contributed by atoms with E-state index in [1.165, 1.54) is 11.1 Å². The third-order valence-electron chi connectivity index (χ3n) is 5.53. The maximum atomic E-state index is 12.7. The highest BCUT2D eigenvalue weighted by molar-refractivity contribution is 6.31. The minimum Gasteiger partial charge on any atom is -0.447 e. The van der Waals surface area contributed by atoms with Crippen molar-refractivity contribution in [3.05, 3.63) is 76.0 Å². The Balaban J connectivity index is 1.34. The topological polar surface area (TPSA) is 90.2 Å². The number of nitrogens with zero attached hydrogens (tertiary/aromatic N) is 5. The van der Waals surface area contributed by atoms with Gasteiger partial charge >= 0.3 is 6.09 Å². The van der Waals surface area contributed by atoms with Crippen LogP contribution in [0.2, 0.25) is 10.0 Å². The summed E-state index contributed by atoms with van der Waals surface area (Å²) in [5, 5.41) is 12.9. The monoisotopic (exact) mass is 473 g/mol. The molecule has 1 aliphatic rings. The van der Waals surface area contributed by atoms with Gasteiger partial charge in [0, 0.05) is 40.2 Å². The van der Waals surface area contributed by atoms with E-state index >= 15 is 0 Å². The number of ketones is 1. The van der Waals surface area contributed by atoms with Crippen LogP contribution in [0.5, 0.6) is 0 Å². The van der Waals surface area contributed by atoms with E-state index in [2.05, 4.69) is 15.4 Å². The predicted molar refractivity (Wildman–Crippen MR) is 119 cm³/mol. The zero-order chi connectivity index (χ0) is 22.5. The van der Waals surface area contributed by atoms with Gasteiger partial charge < -0.3 is 9.64 Å². The summed E-state index contributed by atoms with van der Waals surface area (Å²) in [7, 11) is 0. The maximum absolute atomic E-state index is 12.7. The van der Waals surface area contributed by atoms with Crippen LogP contribution < -0.4 is 0 Å². The first kappa shape index (κ1) is 22.2. The number of halogens is 2. The summed E-state index contributed by atoms with van der Waals surface area (Å²) in [5.41, 5.74) is 1.37. The first-order valence-electron chi connectivity index (χ1n) is 10.2. The fraction of sp³-hybridized carbons (Fsp3) is 0.318. The molecule has 3 aromatic rings. The molecule has 1 saturated heterocycles. The standard InChI is InChI=1S/C22H21Cl2N5O3/c23-17-7-5-15(6-8-17)21(30)16-9-11-28(12-10-16)22(31)32-13-20(29-26-14-25-27-29)18-3-1-2-4-19(18)24/h1-8,14,16,20H,9-13H2. The van der Waals surface area contributed by atoms with E-state index in [1.807, 2.05) is 18.2 Å². The van der Waals surface area contributed by atoms with Crippen molar-refractivity contribution in [2.75, 3.05) is 19.7 Å². The number of rotatable bonds is 6. The molecule has 4 rings (SSSR count). The lowest BCUT2D eigenvalue weighted by Gasteiger charge is -2.31. The van der Waals surface area contributed by atoms with E-state index in [0.717, 1.165) is 5.56 Å². The molecule has 166 valence electrons. The van der Waals surface area contributed by atoms with Crippen LogP contribution in [-0.4, -0.2) is 56.7 Å². The van der Waals surface area contributed by atoms with Crippen molar-refractivity contribution in [2.45, 2.75) is 18.9 Å². The van der Waals surface area contributed by atoms with Crippen LogP contribution in [-0.2, 0) is 4.74 Å². The Hall–Kier alpha value is -2.97.